The topological polar surface area (TPSA) is 30.0 Å². The highest BCUT2D eigenvalue weighted by Gasteiger charge is 2.03. The minimum absolute atomic E-state index is 0.606. The number of rotatable bonds is 2. The first-order valence-corrected chi connectivity index (χ1v) is 5.19. The van der Waals surface area contributed by atoms with Gasteiger partial charge in [0.15, 0.2) is 6.29 Å². The molecule has 80 valence electrons. The summed E-state index contributed by atoms with van der Waals surface area (Å²) in [6.45, 7) is 4.12. The fourth-order valence-corrected chi connectivity index (χ4v) is 1.65. The Kier molecular flexibility index (Phi) is 2.82. The largest absolute Gasteiger partial charge is 0.298 e. The van der Waals surface area contributed by atoms with Crippen molar-refractivity contribution in [1.29, 1.82) is 0 Å². The van der Waals surface area contributed by atoms with Crippen molar-refractivity contribution in [3.8, 4) is 11.3 Å². The molecule has 0 amide bonds. The molecule has 0 spiro atoms. The quantitative estimate of drug-likeness (QED) is 0.714. The van der Waals surface area contributed by atoms with E-state index in [-0.39, 0.29) is 0 Å². The van der Waals surface area contributed by atoms with E-state index in [9.17, 15) is 4.79 Å². The summed E-state index contributed by atoms with van der Waals surface area (Å²) in [6.07, 6.45) is 2.41. The van der Waals surface area contributed by atoms with Crippen LogP contribution in [-0.4, -0.2) is 11.3 Å². The maximum atomic E-state index is 10.5. The van der Waals surface area contributed by atoms with E-state index in [4.69, 9.17) is 0 Å². The van der Waals surface area contributed by atoms with Gasteiger partial charge in [-0.1, -0.05) is 17.7 Å². The molecule has 2 aromatic rings. The van der Waals surface area contributed by atoms with Gasteiger partial charge in [-0.15, -0.1) is 0 Å². The van der Waals surface area contributed by atoms with Gasteiger partial charge in [0.25, 0.3) is 0 Å². The predicted molar refractivity (Wildman–Crippen MR) is 64.5 cm³/mol. The van der Waals surface area contributed by atoms with E-state index in [0.717, 1.165) is 17.5 Å². The number of aldehydes is 1. The molecular formula is C14H13NO. The van der Waals surface area contributed by atoms with Crippen molar-refractivity contribution in [1.82, 2.24) is 4.98 Å². The van der Waals surface area contributed by atoms with Gasteiger partial charge in [0.05, 0.1) is 5.69 Å². The molecule has 0 N–H and O–H groups in total. The molecule has 0 radical (unpaired) electrons. The second kappa shape index (κ2) is 4.27. The number of carbonyl (C=O) groups excluding carboxylic acids is 1. The first kappa shape index (κ1) is 10.6. The van der Waals surface area contributed by atoms with Gasteiger partial charge in [0.2, 0.25) is 0 Å². The van der Waals surface area contributed by atoms with Crippen LogP contribution in [0.25, 0.3) is 11.3 Å². The zero-order valence-electron chi connectivity index (χ0n) is 9.40. The van der Waals surface area contributed by atoms with Crippen molar-refractivity contribution >= 4 is 6.29 Å². The van der Waals surface area contributed by atoms with E-state index in [2.05, 4.69) is 37.0 Å². The molecule has 0 aliphatic heterocycles. The smallest absolute Gasteiger partial charge is 0.151 e. The van der Waals surface area contributed by atoms with E-state index >= 15 is 0 Å². The standard InChI is InChI=1S/C14H13NO/c1-10-3-4-11(2)13(7-10)14-6-5-12(9-16)8-15-14/h3-9H,1-2H3. The third kappa shape index (κ3) is 2.01. The van der Waals surface area contributed by atoms with E-state index in [1.165, 1.54) is 11.1 Å². The lowest BCUT2D eigenvalue weighted by Crippen LogP contribution is -1.89. The predicted octanol–water partition coefficient (Wildman–Crippen LogP) is 3.18. The molecule has 0 bridgehead atoms. The highest BCUT2D eigenvalue weighted by molar-refractivity contribution is 5.75. The third-order valence-corrected chi connectivity index (χ3v) is 2.59. The Bertz CT molecular complexity index is 515. The summed E-state index contributed by atoms with van der Waals surface area (Å²) in [6, 6.07) is 9.94. The first-order valence-electron chi connectivity index (χ1n) is 5.19. The highest BCUT2D eigenvalue weighted by Crippen LogP contribution is 2.22. The Hall–Kier alpha value is -1.96. The molecule has 1 aromatic carbocycles. The van der Waals surface area contributed by atoms with Crippen LogP contribution in [0.1, 0.15) is 21.5 Å². The minimum Gasteiger partial charge on any atom is -0.298 e. The van der Waals surface area contributed by atoms with Crippen molar-refractivity contribution in [2.45, 2.75) is 13.8 Å². The Morgan fingerprint density at radius 1 is 1.12 bits per heavy atom. The molecule has 1 heterocycles. The van der Waals surface area contributed by atoms with Crippen molar-refractivity contribution in [2.75, 3.05) is 0 Å². The molecule has 0 aliphatic carbocycles. The lowest BCUT2D eigenvalue weighted by Gasteiger charge is -2.06. The Morgan fingerprint density at radius 3 is 2.56 bits per heavy atom. The van der Waals surface area contributed by atoms with Crippen LogP contribution >= 0.6 is 0 Å². The molecule has 0 atom stereocenters. The van der Waals surface area contributed by atoms with Crippen LogP contribution in [0.4, 0.5) is 0 Å². The number of aryl methyl sites for hydroxylation is 2. The van der Waals surface area contributed by atoms with E-state index in [0.29, 0.717) is 5.56 Å². The number of aromatic nitrogens is 1. The van der Waals surface area contributed by atoms with Crippen LogP contribution in [0.5, 0.6) is 0 Å². The van der Waals surface area contributed by atoms with E-state index < -0.39 is 0 Å². The molecule has 0 saturated heterocycles. The molecule has 0 aliphatic rings. The second-order valence-electron chi connectivity index (χ2n) is 3.91. The van der Waals surface area contributed by atoms with Crippen LogP contribution in [0.15, 0.2) is 36.5 Å². The number of carbonyl (C=O) groups is 1. The van der Waals surface area contributed by atoms with Crippen LogP contribution in [0.2, 0.25) is 0 Å². The van der Waals surface area contributed by atoms with E-state index in [1.807, 2.05) is 6.07 Å². The highest BCUT2D eigenvalue weighted by atomic mass is 16.1. The Morgan fingerprint density at radius 2 is 1.94 bits per heavy atom. The molecular weight excluding hydrogens is 198 g/mol. The van der Waals surface area contributed by atoms with Gasteiger partial charge >= 0.3 is 0 Å². The van der Waals surface area contributed by atoms with Crippen LogP contribution in [-0.2, 0) is 0 Å². The molecule has 0 saturated carbocycles. The van der Waals surface area contributed by atoms with Crippen LogP contribution < -0.4 is 0 Å². The van der Waals surface area contributed by atoms with Crippen LogP contribution in [0, 0.1) is 13.8 Å². The average Bonchev–Trinajstić information content (AvgIpc) is 2.32. The normalized spacial score (nSPS) is 10.1. The summed E-state index contributed by atoms with van der Waals surface area (Å²) in [4.78, 5) is 14.8. The minimum atomic E-state index is 0.606. The summed E-state index contributed by atoms with van der Waals surface area (Å²) in [5, 5.41) is 0. The maximum absolute atomic E-state index is 10.5. The van der Waals surface area contributed by atoms with Gasteiger partial charge < -0.3 is 0 Å². The van der Waals surface area contributed by atoms with Gasteiger partial charge in [0.1, 0.15) is 0 Å². The fraction of sp³-hybridized carbons (Fsp3) is 0.143. The lowest BCUT2D eigenvalue weighted by molar-refractivity contribution is 0.112. The van der Waals surface area contributed by atoms with Crippen molar-refractivity contribution < 1.29 is 4.79 Å². The number of nitrogens with zero attached hydrogens (tertiary/aromatic N) is 1. The SMILES string of the molecule is Cc1ccc(C)c(-c2ccc(C=O)cn2)c1. The summed E-state index contributed by atoms with van der Waals surface area (Å²) in [5.74, 6) is 0. The first-order chi connectivity index (χ1) is 7.70. The van der Waals surface area contributed by atoms with Gasteiger partial charge in [0, 0.05) is 17.3 Å². The summed E-state index contributed by atoms with van der Waals surface area (Å²) in [7, 11) is 0. The van der Waals surface area contributed by atoms with Crippen LogP contribution in [0.3, 0.4) is 0 Å². The molecule has 16 heavy (non-hydrogen) atoms. The molecule has 2 rings (SSSR count). The van der Waals surface area contributed by atoms with Crippen molar-refractivity contribution in [3.63, 3.8) is 0 Å². The zero-order valence-corrected chi connectivity index (χ0v) is 9.40. The summed E-state index contributed by atoms with van der Waals surface area (Å²) in [5.41, 5.74) is 5.04. The van der Waals surface area contributed by atoms with Gasteiger partial charge in [-0.2, -0.15) is 0 Å². The summed E-state index contributed by atoms with van der Waals surface area (Å²) < 4.78 is 0. The van der Waals surface area contributed by atoms with Gasteiger partial charge in [-0.05, 0) is 37.6 Å². The Balaban J connectivity index is 2.49. The maximum Gasteiger partial charge on any atom is 0.151 e. The number of hydrogen-bond donors (Lipinski definition) is 0. The molecule has 0 unspecified atom stereocenters. The summed E-state index contributed by atoms with van der Waals surface area (Å²) >= 11 is 0. The number of hydrogen-bond acceptors (Lipinski definition) is 2. The number of pyridine rings is 1. The third-order valence-electron chi connectivity index (χ3n) is 2.59. The molecule has 1 aromatic heterocycles. The molecule has 2 heteroatoms. The molecule has 2 nitrogen and oxygen atoms in total. The molecule has 0 fully saturated rings. The Labute approximate surface area is 95.0 Å². The number of benzene rings is 1. The monoisotopic (exact) mass is 211 g/mol. The van der Waals surface area contributed by atoms with Crippen molar-refractivity contribution in [2.24, 2.45) is 0 Å². The second-order valence-corrected chi connectivity index (χ2v) is 3.91. The lowest BCUT2D eigenvalue weighted by atomic mass is 10.0. The van der Waals surface area contributed by atoms with Gasteiger partial charge in [-0.3, -0.25) is 9.78 Å². The fourth-order valence-electron chi connectivity index (χ4n) is 1.65. The van der Waals surface area contributed by atoms with Gasteiger partial charge in [-0.25, -0.2) is 0 Å². The van der Waals surface area contributed by atoms with Crippen molar-refractivity contribution in [3.05, 3.63) is 53.2 Å². The zero-order chi connectivity index (χ0) is 11.5. The van der Waals surface area contributed by atoms with E-state index in [1.54, 1.807) is 12.3 Å². The average molecular weight is 211 g/mol.